The molecule has 0 saturated carbocycles. The minimum Gasteiger partial charge on any atom is -0.390 e. The van der Waals surface area contributed by atoms with Crippen LogP contribution >= 0.6 is 0 Å². The van der Waals surface area contributed by atoms with Crippen LogP contribution in [0, 0.1) is 5.92 Å². The lowest BCUT2D eigenvalue weighted by molar-refractivity contribution is -0.0167. The molecule has 0 radical (unpaired) electrons. The van der Waals surface area contributed by atoms with E-state index >= 15 is 0 Å². The van der Waals surface area contributed by atoms with Gasteiger partial charge in [0.05, 0.1) is 11.0 Å². The molecule has 4 rings (SSSR count). The Morgan fingerprint density at radius 1 is 1.25 bits per heavy atom. The predicted octanol–water partition coefficient (Wildman–Crippen LogP) is 2.78. The van der Waals surface area contributed by atoms with Gasteiger partial charge in [-0.05, 0) is 31.4 Å². The molecule has 0 aliphatic carbocycles. The summed E-state index contributed by atoms with van der Waals surface area (Å²) in [5.74, 6) is 1.12. The Morgan fingerprint density at radius 3 is 2.92 bits per heavy atom. The van der Waals surface area contributed by atoms with Gasteiger partial charge in [-0.25, -0.2) is 9.97 Å². The number of anilines is 1. The fourth-order valence-corrected chi connectivity index (χ4v) is 3.61. The summed E-state index contributed by atoms with van der Waals surface area (Å²) in [6.07, 6.45) is 5.10. The largest absolute Gasteiger partial charge is 0.390 e. The summed E-state index contributed by atoms with van der Waals surface area (Å²) in [7, 11) is 0. The molecule has 0 amide bonds. The minimum absolute atomic E-state index is 0.164. The van der Waals surface area contributed by atoms with Crippen molar-refractivity contribution >= 4 is 16.9 Å². The first-order valence-corrected chi connectivity index (χ1v) is 8.43. The van der Waals surface area contributed by atoms with Crippen molar-refractivity contribution in [2.24, 2.45) is 5.92 Å². The summed E-state index contributed by atoms with van der Waals surface area (Å²) in [4.78, 5) is 14.2. The van der Waals surface area contributed by atoms with E-state index in [2.05, 4.69) is 44.1 Å². The summed E-state index contributed by atoms with van der Waals surface area (Å²) >= 11 is 0. The highest BCUT2D eigenvalue weighted by molar-refractivity contribution is 5.87. The van der Waals surface area contributed by atoms with E-state index in [1.165, 1.54) is 5.56 Å². The lowest BCUT2D eigenvalue weighted by Crippen LogP contribution is -2.51. The number of piperidine rings is 1. The van der Waals surface area contributed by atoms with Gasteiger partial charge in [0.2, 0.25) is 0 Å². The van der Waals surface area contributed by atoms with Crippen LogP contribution in [0.4, 0.5) is 5.82 Å². The lowest BCUT2D eigenvalue weighted by Gasteiger charge is -2.43. The number of H-pyrrole nitrogens is 1. The molecule has 0 spiro atoms. The van der Waals surface area contributed by atoms with Gasteiger partial charge in [0.1, 0.15) is 17.8 Å². The third-order valence-corrected chi connectivity index (χ3v) is 5.17. The van der Waals surface area contributed by atoms with Gasteiger partial charge in [-0.1, -0.05) is 30.3 Å². The number of nitrogens with zero attached hydrogens (tertiary/aromatic N) is 3. The maximum Gasteiger partial charge on any atom is 0.142 e. The Hall–Kier alpha value is -2.40. The van der Waals surface area contributed by atoms with Crippen LogP contribution in [0.5, 0.6) is 0 Å². The highest BCUT2D eigenvalue weighted by Crippen LogP contribution is 2.34. The number of aliphatic hydroxyl groups is 1. The van der Waals surface area contributed by atoms with E-state index in [1.807, 2.05) is 25.3 Å². The standard InChI is InChI=1S/C19H22N4O/c1-19(24)8-10-23(12-15(19)11-14-5-3-2-4-6-14)18-16-7-9-20-17(16)21-13-22-18/h2-7,9,13,15,24H,8,10-12H2,1H3,(H,20,21,22)/t15-,19+/m0/s1. The molecule has 5 heteroatoms. The molecule has 1 aromatic carbocycles. The average Bonchev–Trinajstić information content (AvgIpc) is 3.06. The number of fused-ring (bicyclic) bond motifs is 1. The Kier molecular flexibility index (Phi) is 3.73. The molecule has 0 bridgehead atoms. The van der Waals surface area contributed by atoms with Crippen LogP contribution in [0.2, 0.25) is 0 Å². The summed E-state index contributed by atoms with van der Waals surface area (Å²) in [5.41, 5.74) is 1.47. The van der Waals surface area contributed by atoms with E-state index in [0.717, 1.165) is 42.8 Å². The van der Waals surface area contributed by atoms with E-state index in [1.54, 1.807) is 6.33 Å². The van der Waals surface area contributed by atoms with Crippen LogP contribution in [-0.2, 0) is 6.42 Å². The van der Waals surface area contributed by atoms with Crippen LogP contribution in [0.25, 0.3) is 11.0 Å². The van der Waals surface area contributed by atoms with Gasteiger partial charge in [0, 0.05) is 25.2 Å². The van der Waals surface area contributed by atoms with Crippen LogP contribution in [-0.4, -0.2) is 38.7 Å². The van der Waals surface area contributed by atoms with Gasteiger partial charge in [0.25, 0.3) is 0 Å². The van der Waals surface area contributed by atoms with Crippen molar-refractivity contribution in [3.8, 4) is 0 Å². The molecule has 1 saturated heterocycles. The van der Waals surface area contributed by atoms with Crippen LogP contribution in [0.3, 0.4) is 0 Å². The number of hydrogen-bond donors (Lipinski definition) is 2. The Balaban J connectivity index is 1.62. The van der Waals surface area contributed by atoms with Crippen molar-refractivity contribution in [1.82, 2.24) is 15.0 Å². The van der Waals surface area contributed by atoms with E-state index in [9.17, 15) is 5.11 Å². The zero-order valence-corrected chi connectivity index (χ0v) is 13.8. The highest BCUT2D eigenvalue weighted by atomic mass is 16.3. The van der Waals surface area contributed by atoms with E-state index in [0.29, 0.717) is 0 Å². The third-order valence-electron chi connectivity index (χ3n) is 5.17. The maximum absolute atomic E-state index is 10.9. The van der Waals surface area contributed by atoms with Gasteiger partial charge < -0.3 is 15.0 Å². The van der Waals surface area contributed by atoms with Crippen molar-refractivity contribution < 1.29 is 5.11 Å². The van der Waals surface area contributed by atoms with Gasteiger partial charge in [0.15, 0.2) is 0 Å². The molecule has 3 heterocycles. The van der Waals surface area contributed by atoms with Crippen molar-refractivity contribution in [1.29, 1.82) is 0 Å². The van der Waals surface area contributed by atoms with Crippen molar-refractivity contribution in [2.45, 2.75) is 25.4 Å². The Bertz CT molecular complexity index is 828. The first kappa shape index (κ1) is 15.1. The molecule has 0 unspecified atom stereocenters. The van der Waals surface area contributed by atoms with Crippen molar-refractivity contribution in [3.05, 3.63) is 54.5 Å². The SMILES string of the molecule is C[C@@]1(O)CCN(c2ncnc3[nH]ccc23)C[C@@H]1Cc1ccccc1. The molecule has 3 aromatic rings. The second kappa shape index (κ2) is 5.91. The topological polar surface area (TPSA) is 65.0 Å². The summed E-state index contributed by atoms with van der Waals surface area (Å²) in [5, 5.41) is 11.9. The molecular formula is C19H22N4O. The van der Waals surface area contributed by atoms with E-state index in [4.69, 9.17) is 0 Å². The van der Waals surface area contributed by atoms with Gasteiger partial charge in [-0.15, -0.1) is 0 Å². The third kappa shape index (κ3) is 2.76. The Labute approximate surface area is 141 Å². The highest BCUT2D eigenvalue weighted by Gasteiger charge is 2.38. The van der Waals surface area contributed by atoms with E-state index < -0.39 is 5.60 Å². The molecule has 1 fully saturated rings. The zero-order valence-electron chi connectivity index (χ0n) is 13.8. The van der Waals surface area contributed by atoms with E-state index in [-0.39, 0.29) is 5.92 Å². The molecular weight excluding hydrogens is 300 g/mol. The normalized spacial score (nSPS) is 24.4. The van der Waals surface area contributed by atoms with Gasteiger partial charge >= 0.3 is 0 Å². The summed E-state index contributed by atoms with van der Waals surface area (Å²) in [6, 6.07) is 12.4. The van der Waals surface area contributed by atoms with Gasteiger partial charge in [-0.3, -0.25) is 0 Å². The fraction of sp³-hybridized carbons (Fsp3) is 0.368. The number of nitrogens with one attached hydrogen (secondary N) is 1. The van der Waals surface area contributed by atoms with Crippen molar-refractivity contribution in [2.75, 3.05) is 18.0 Å². The smallest absolute Gasteiger partial charge is 0.142 e. The summed E-state index contributed by atoms with van der Waals surface area (Å²) in [6.45, 7) is 3.55. The molecule has 2 N–H and O–H groups in total. The second-order valence-corrected chi connectivity index (χ2v) is 6.88. The first-order valence-electron chi connectivity index (χ1n) is 8.43. The predicted molar refractivity (Wildman–Crippen MR) is 95.0 cm³/mol. The molecule has 2 aromatic heterocycles. The first-order chi connectivity index (χ1) is 11.6. The fourth-order valence-electron chi connectivity index (χ4n) is 3.61. The molecule has 1 aliphatic rings. The quantitative estimate of drug-likeness (QED) is 0.778. The molecule has 24 heavy (non-hydrogen) atoms. The molecule has 5 nitrogen and oxygen atoms in total. The summed E-state index contributed by atoms with van der Waals surface area (Å²) < 4.78 is 0. The maximum atomic E-state index is 10.9. The lowest BCUT2D eigenvalue weighted by atomic mass is 9.79. The second-order valence-electron chi connectivity index (χ2n) is 6.88. The Morgan fingerprint density at radius 2 is 2.08 bits per heavy atom. The zero-order chi connectivity index (χ0) is 16.6. The number of aromatic nitrogens is 3. The number of rotatable bonds is 3. The number of aromatic amines is 1. The molecule has 124 valence electrons. The van der Waals surface area contributed by atoms with Gasteiger partial charge in [-0.2, -0.15) is 0 Å². The number of hydrogen-bond acceptors (Lipinski definition) is 4. The average molecular weight is 322 g/mol. The minimum atomic E-state index is -0.656. The molecule has 2 atom stereocenters. The van der Waals surface area contributed by atoms with Crippen molar-refractivity contribution in [3.63, 3.8) is 0 Å². The van der Waals surface area contributed by atoms with Crippen LogP contribution < -0.4 is 4.90 Å². The number of benzene rings is 1. The van der Waals surface area contributed by atoms with Crippen LogP contribution in [0.1, 0.15) is 18.9 Å². The van der Waals surface area contributed by atoms with Crippen LogP contribution in [0.15, 0.2) is 48.9 Å². The monoisotopic (exact) mass is 322 g/mol. The molecule has 1 aliphatic heterocycles.